The molecule has 0 saturated carbocycles. The van der Waals surface area contributed by atoms with E-state index < -0.39 is 9.76 Å². The van der Waals surface area contributed by atoms with Gasteiger partial charge in [-0.1, -0.05) is 18.2 Å². The van der Waals surface area contributed by atoms with Gasteiger partial charge in [-0.05, 0) is 26.8 Å². The van der Waals surface area contributed by atoms with Crippen molar-refractivity contribution in [2.24, 2.45) is 0 Å². The van der Waals surface area contributed by atoms with Gasteiger partial charge >= 0.3 is 0 Å². The van der Waals surface area contributed by atoms with E-state index in [0.717, 1.165) is 5.75 Å². The van der Waals surface area contributed by atoms with Crippen LogP contribution in [0.25, 0.3) is 0 Å². The van der Waals surface area contributed by atoms with Gasteiger partial charge in [-0.2, -0.15) is 0 Å². The average molecular weight is 210 g/mol. The Morgan fingerprint density at radius 1 is 1.14 bits per heavy atom. The Bertz CT molecular complexity index is 292. The highest BCUT2D eigenvalue weighted by Gasteiger charge is 2.11. The molecular weight excluding hydrogens is 192 g/mol. The summed E-state index contributed by atoms with van der Waals surface area (Å²) < 4.78 is 11.1. The summed E-state index contributed by atoms with van der Waals surface area (Å²) in [5, 5.41) is 1.23. The third-order valence-corrected chi connectivity index (χ3v) is 3.76. The Balaban J connectivity index is 2.67. The van der Waals surface area contributed by atoms with Crippen LogP contribution in [-0.2, 0) is 4.43 Å². The molecule has 3 heteroatoms. The molecule has 1 rings (SSSR count). The van der Waals surface area contributed by atoms with E-state index in [9.17, 15) is 0 Å². The van der Waals surface area contributed by atoms with Crippen molar-refractivity contribution < 1.29 is 9.16 Å². The Hall–Kier alpha value is -0.803. The number of hydrogen-bond donors (Lipinski definition) is 0. The first-order chi connectivity index (χ1) is 6.53. The van der Waals surface area contributed by atoms with E-state index in [1.165, 1.54) is 5.19 Å². The zero-order valence-corrected chi connectivity index (χ0v) is 10.7. The summed E-state index contributed by atoms with van der Waals surface area (Å²) in [7, 11) is 1.02. The lowest BCUT2D eigenvalue weighted by molar-refractivity contribution is 0.141. The summed E-state index contributed by atoms with van der Waals surface area (Å²) in [6.07, 6.45) is 0. The third kappa shape index (κ3) is 3.52. The van der Waals surface area contributed by atoms with Gasteiger partial charge in [0.15, 0.2) is 9.76 Å². The van der Waals surface area contributed by atoms with Crippen LogP contribution in [0, 0.1) is 0 Å². The van der Waals surface area contributed by atoms with E-state index >= 15 is 0 Å². The summed E-state index contributed by atoms with van der Waals surface area (Å²) in [5.41, 5.74) is -0.0485. The number of hydrogen-bond acceptors (Lipinski definition) is 2. The lowest BCUT2D eigenvalue weighted by Gasteiger charge is -2.20. The van der Waals surface area contributed by atoms with E-state index in [1.54, 1.807) is 7.11 Å². The highest BCUT2D eigenvalue weighted by atomic mass is 28.2. The first-order valence-corrected chi connectivity index (χ1v) is 6.07. The van der Waals surface area contributed by atoms with Crippen LogP contribution in [0.4, 0.5) is 0 Å². The number of para-hydroxylation sites is 1. The monoisotopic (exact) mass is 210 g/mol. The Kier molecular flexibility index (Phi) is 3.72. The number of ether oxygens (including phenoxy) is 1. The van der Waals surface area contributed by atoms with Crippen LogP contribution >= 0.6 is 0 Å². The Labute approximate surface area is 88.2 Å². The molecule has 0 unspecified atom stereocenters. The number of rotatable bonds is 3. The van der Waals surface area contributed by atoms with Crippen molar-refractivity contribution in [1.29, 1.82) is 0 Å². The van der Waals surface area contributed by atoms with Gasteiger partial charge in [0.25, 0.3) is 0 Å². The summed E-state index contributed by atoms with van der Waals surface area (Å²) in [6, 6.07) is 8.07. The second kappa shape index (κ2) is 4.62. The van der Waals surface area contributed by atoms with Crippen molar-refractivity contribution in [3.05, 3.63) is 24.3 Å². The molecule has 0 fully saturated rings. The van der Waals surface area contributed by atoms with E-state index in [1.807, 2.05) is 18.2 Å². The standard InChI is InChI=1S/C11H18O2Si/c1-11(2,3)13-14-10-8-6-5-7-9(10)12-4/h5-8H,14H2,1-4H3. The molecule has 0 atom stereocenters. The summed E-state index contributed by atoms with van der Waals surface area (Å²) in [6.45, 7) is 6.24. The number of benzene rings is 1. The minimum Gasteiger partial charge on any atom is -0.497 e. The molecule has 78 valence electrons. The van der Waals surface area contributed by atoms with Crippen molar-refractivity contribution in [3.8, 4) is 5.75 Å². The second-order valence-electron chi connectivity index (χ2n) is 4.21. The molecule has 0 aliphatic rings. The van der Waals surface area contributed by atoms with Crippen molar-refractivity contribution >= 4 is 14.9 Å². The molecule has 0 radical (unpaired) electrons. The molecule has 0 aromatic heterocycles. The van der Waals surface area contributed by atoms with Crippen molar-refractivity contribution in [2.75, 3.05) is 7.11 Å². The topological polar surface area (TPSA) is 18.5 Å². The molecule has 0 aliphatic heterocycles. The highest BCUT2D eigenvalue weighted by molar-refractivity contribution is 6.48. The normalized spacial score (nSPS) is 12.3. The fourth-order valence-corrected chi connectivity index (χ4v) is 2.34. The molecule has 14 heavy (non-hydrogen) atoms. The van der Waals surface area contributed by atoms with Gasteiger partial charge in [0.2, 0.25) is 0 Å². The summed E-state index contributed by atoms with van der Waals surface area (Å²) >= 11 is 0. The predicted octanol–water partition coefficient (Wildman–Crippen LogP) is 1.22. The summed E-state index contributed by atoms with van der Waals surface area (Å²) in [4.78, 5) is 0. The maximum atomic E-state index is 5.82. The van der Waals surface area contributed by atoms with Crippen LogP contribution in [0.15, 0.2) is 24.3 Å². The zero-order valence-electron chi connectivity index (χ0n) is 9.33. The molecule has 1 aromatic carbocycles. The quantitative estimate of drug-likeness (QED) is 0.698. The van der Waals surface area contributed by atoms with E-state index in [0.29, 0.717) is 0 Å². The first kappa shape index (κ1) is 11.3. The largest absolute Gasteiger partial charge is 0.497 e. The van der Waals surface area contributed by atoms with E-state index in [2.05, 4.69) is 26.8 Å². The third-order valence-electron chi connectivity index (χ3n) is 1.85. The van der Waals surface area contributed by atoms with Gasteiger partial charge in [0, 0.05) is 10.8 Å². The number of methoxy groups -OCH3 is 1. The molecule has 0 saturated heterocycles. The van der Waals surface area contributed by atoms with Crippen molar-refractivity contribution in [1.82, 2.24) is 0 Å². The smallest absolute Gasteiger partial charge is 0.196 e. The molecule has 0 N–H and O–H groups in total. The highest BCUT2D eigenvalue weighted by Crippen LogP contribution is 2.08. The Morgan fingerprint density at radius 3 is 2.36 bits per heavy atom. The maximum Gasteiger partial charge on any atom is 0.196 e. The van der Waals surface area contributed by atoms with Gasteiger partial charge in [0.1, 0.15) is 5.75 Å². The molecule has 0 aliphatic carbocycles. The second-order valence-corrected chi connectivity index (χ2v) is 5.55. The zero-order chi connectivity index (χ0) is 10.6. The SMILES string of the molecule is COc1ccccc1[SiH2]OC(C)(C)C. The first-order valence-electron chi connectivity index (χ1n) is 4.79. The molecule has 0 heterocycles. The van der Waals surface area contributed by atoms with Gasteiger partial charge < -0.3 is 9.16 Å². The molecule has 0 amide bonds. The van der Waals surface area contributed by atoms with Crippen LogP contribution in [0.1, 0.15) is 20.8 Å². The maximum absolute atomic E-state index is 5.82. The van der Waals surface area contributed by atoms with Crippen LogP contribution in [0.5, 0.6) is 5.75 Å². The molecule has 1 aromatic rings. The van der Waals surface area contributed by atoms with Gasteiger partial charge in [-0.25, -0.2) is 0 Å². The molecule has 2 nitrogen and oxygen atoms in total. The summed E-state index contributed by atoms with van der Waals surface area (Å²) in [5.74, 6) is 0.948. The van der Waals surface area contributed by atoms with Gasteiger partial charge in [0.05, 0.1) is 7.11 Å². The molecule has 0 spiro atoms. The predicted molar refractivity (Wildman–Crippen MR) is 62.0 cm³/mol. The van der Waals surface area contributed by atoms with Crippen molar-refractivity contribution in [3.63, 3.8) is 0 Å². The molecule has 0 bridgehead atoms. The fourth-order valence-electron chi connectivity index (χ4n) is 1.12. The molecular formula is C11H18O2Si. The van der Waals surface area contributed by atoms with Crippen LogP contribution in [-0.4, -0.2) is 22.5 Å². The Morgan fingerprint density at radius 2 is 1.79 bits per heavy atom. The minimum absolute atomic E-state index is 0.0485. The van der Waals surface area contributed by atoms with Crippen LogP contribution in [0.3, 0.4) is 0 Å². The average Bonchev–Trinajstić information content (AvgIpc) is 2.14. The van der Waals surface area contributed by atoms with Gasteiger partial charge in [-0.15, -0.1) is 0 Å². The fraction of sp³-hybridized carbons (Fsp3) is 0.455. The van der Waals surface area contributed by atoms with E-state index in [-0.39, 0.29) is 5.60 Å². The van der Waals surface area contributed by atoms with Crippen molar-refractivity contribution in [2.45, 2.75) is 26.4 Å². The van der Waals surface area contributed by atoms with Crippen LogP contribution < -0.4 is 9.92 Å². The van der Waals surface area contributed by atoms with Gasteiger partial charge in [-0.3, -0.25) is 0 Å². The lowest BCUT2D eigenvalue weighted by Crippen LogP contribution is -2.29. The van der Waals surface area contributed by atoms with E-state index in [4.69, 9.17) is 9.16 Å². The lowest BCUT2D eigenvalue weighted by atomic mass is 10.2. The van der Waals surface area contributed by atoms with Crippen LogP contribution in [0.2, 0.25) is 0 Å². The minimum atomic E-state index is -0.681.